The van der Waals surface area contributed by atoms with Gasteiger partial charge in [0.15, 0.2) is 15.6 Å². The van der Waals surface area contributed by atoms with Crippen molar-refractivity contribution in [3.05, 3.63) is 97.1 Å². The Bertz CT molecular complexity index is 1350. The highest BCUT2D eigenvalue weighted by atomic mass is 32.1. The molecular formula is C24H16O2P2S. The SMILES string of the molecule is O=Pc1ccc2sc3ccc(P(=O)(c4ccccc4)c4ccccc4)cc3c2c1. The second kappa shape index (κ2) is 7.35. The van der Waals surface area contributed by atoms with Crippen molar-refractivity contribution in [1.29, 1.82) is 0 Å². The fraction of sp³-hybridized carbons (Fsp3) is 0. The molecule has 5 heteroatoms. The van der Waals surface area contributed by atoms with E-state index in [4.69, 9.17) is 0 Å². The zero-order valence-corrected chi connectivity index (χ0v) is 18.0. The first-order chi connectivity index (χ1) is 14.2. The lowest BCUT2D eigenvalue weighted by molar-refractivity contribution is 0.592. The Morgan fingerprint density at radius 1 is 0.621 bits per heavy atom. The van der Waals surface area contributed by atoms with Crippen molar-refractivity contribution in [3.63, 3.8) is 0 Å². The van der Waals surface area contributed by atoms with E-state index in [0.717, 1.165) is 41.4 Å². The molecule has 0 N–H and O–H groups in total. The highest BCUT2D eigenvalue weighted by Crippen LogP contribution is 2.44. The van der Waals surface area contributed by atoms with E-state index in [9.17, 15) is 9.13 Å². The highest BCUT2D eigenvalue weighted by molar-refractivity contribution is 7.85. The van der Waals surface area contributed by atoms with Crippen LogP contribution in [0.25, 0.3) is 20.2 Å². The first kappa shape index (κ1) is 18.5. The molecule has 0 fully saturated rings. The van der Waals surface area contributed by atoms with Crippen LogP contribution < -0.4 is 21.2 Å². The Morgan fingerprint density at radius 2 is 1.17 bits per heavy atom. The molecule has 1 heterocycles. The van der Waals surface area contributed by atoms with Crippen molar-refractivity contribution >= 4 is 68.3 Å². The third-order valence-corrected chi connectivity index (χ3v) is 9.84. The van der Waals surface area contributed by atoms with Gasteiger partial charge >= 0.3 is 0 Å². The third-order valence-electron chi connectivity index (χ3n) is 5.15. The largest absolute Gasteiger partial charge is 0.309 e. The molecule has 0 amide bonds. The normalized spacial score (nSPS) is 12.0. The molecule has 140 valence electrons. The van der Waals surface area contributed by atoms with Crippen LogP contribution in [0.1, 0.15) is 0 Å². The van der Waals surface area contributed by atoms with Crippen molar-refractivity contribution < 1.29 is 9.13 Å². The predicted octanol–water partition coefficient (Wildman–Crippen LogP) is 5.61. The topological polar surface area (TPSA) is 34.1 Å². The lowest BCUT2D eigenvalue weighted by Crippen LogP contribution is -2.24. The molecule has 29 heavy (non-hydrogen) atoms. The average Bonchev–Trinajstić information content (AvgIpc) is 3.16. The van der Waals surface area contributed by atoms with E-state index in [1.165, 1.54) is 0 Å². The summed E-state index contributed by atoms with van der Waals surface area (Å²) in [5, 5.41) is 5.32. The molecule has 5 aromatic rings. The Hall–Kier alpha value is -2.57. The molecule has 0 radical (unpaired) electrons. The summed E-state index contributed by atoms with van der Waals surface area (Å²) in [5.74, 6) is 0. The number of fused-ring (bicyclic) bond motifs is 3. The number of hydrogen-bond acceptors (Lipinski definition) is 3. The van der Waals surface area contributed by atoms with Gasteiger partial charge in [-0.2, -0.15) is 0 Å². The minimum absolute atomic E-state index is 0.00857. The van der Waals surface area contributed by atoms with Gasteiger partial charge in [-0.15, -0.1) is 11.3 Å². The molecule has 0 aliphatic rings. The summed E-state index contributed by atoms with van der Waals surface area (Å²) in [4.78, 5) is 0. The summed E-state index contributed by atoms with van der Waals surface area (Å²) in [7, 11) is -3.00. The standard InChI is InChI=1S/C24H16O2P2S/c25-27-17-11-13-23-21(15-17)22-16-20(12-14-24(22)29-23)28(26,18-7-3-1-4-8-18)19-9-5-2-6-10-19/h1-16H. The van der Waals surface area contributed by atoms with Gasteiger partial charge in [0.2, 0.25) is 0 Å². The molecule has 0 unspecified atom stereocenters. The van der Waals surface area contributed by atoms with Crippen LogP contribution in [-0.2, 0) is 9.13 Å². The minimum atomic E-state index is -3.01. The molecule has 5 rings (SSSR count). The number of thiophene rings is 1. The minimum Gasteiger partial charge on any atom is -0.309 e. The van der Waals surface area contributed by atoms with Crippen LogP contribution in [0.4, 0.5) is 0 Å². The summed E-state index contributed by atoms with van der Waals surface area (Å²) < 4.78 is 28.2. The maximum atomic E-state index is 14.6. The molecule has 0 spiro atoms. The zero-order chi connectivity index (χ0) is 19.8. The molecule has 2 nitrogen and oxygen atoms in total. The van der Waals surface area contributed by atoms with Gasteiger partial charge in [0.05, 0.1) is 0 Å². The van der Waals surface area contributed by atoms with E-state index in [2.05, 4.69) is 12.1 Å². The smallest absolute Gasteiger partial charge is 0.192 e. The van der Waals surface area contributed by atoms with Crippen molar-refractivity contribution in [2.75, 3.05) is 0 Å². The summed E-state index contributed by atoms with van der Waals surface area (Å²) in [6, 6.07) is 31.3. The molecule has 0 saturated carbocycles. The molecular weight excluding hydrogens is 414 g/mol. The van der Waals surface area contributed by atoms with E-state index in [1.54, 1.807) is 11.3 Å². The van der Waals surface area contributed by atoms with Crippen LogP contribution in [0.5, 0.6) is 0 Å². The van der Waals surface area contributed by atoms with Crippen molar-refractivity contribution in [1.82, 2.24) is 0 Å². The molecule has 1 aromatic heterocycles. The van der Waals surface area contributed by atoms with Gasteiger partial charge in [-0.25, -0.2) is 0 Å². The fourth-order valence-electron chi connectivity index (χ4n) is 3.73. The Morgan fingerprint density at radius 3 is 1.76 bits per heavy atom. The lowest BCUT2D eigenvalue weighted by Gasteiger charge is -2.20. The van der Waals surface area contributed by atoms with Crippen LogP contribution in [0, 0.1) is 0 Å². The third kappa shape index (κ3) is 3.07. The average molecular weight is 430 g/mol. The maximum absolute atomic E-state index is 14.6. The Kier molecular flexibility index (Phi) is 4.68. The van der Waals surface area contributed by atoms with E-state index < -0.39 is 7.14 Å². The van der Waals surface area contributed by atoms with Gasteiger partial charge < -0.3 is 4.57 Å². The quantitative estimate of drug-likeness (QED) is 0.347. The Labute approximate surface area is 174 Å². The van der Waals surface area contributed by atoms with Gasteiger partial charge in [0.1, 0.15) is 0 Å². The highest BCUT2D eigenvalue weighted by Gasteiger charge is 2.30. The van der Waals surface area contributed by atoms with E-state index in [1.807, 2.05) is 84.9 Å². The van der Waals surface area contributed by atoms with Crippen LogP contribution in [0.3, 0.4) is 0 Å². The van der Waals surface area contributed by atoms with Crippen LogP contribution in [0.2, 0.25) is 0 Å². The summed E-state index contributed by atoms with van der Waals surface area (Å²) in [6.07, 6.45) is 0. The zero-order valence-electron chi connectivity index (χ0n) is 15.4. The number of hydrogen-bond donors (Lipinski definition) is 0. The van der Waals surface area contributed by atoms with Crippen LogP contribution in [0.15, 0.2) is 97.1 Å². The monoisotopic (exact) mass is 430 g/mol. The first-order valence-corrected chi connectivity index (χ1v) is 12.6. The molecule has 0 aliphatic heterocycles. The molecule has 4 aromatic carbocycles. The van der Waals surface area contributed by atoms with Gasteiger partial charge in [0.25, 0.3) is 0 Å². The summed E-state index contributed by atoms with van der Waals surface area (Å²) in [6.45, 7) is 0. The molecule has 0 saturated heterocycles. The predicted molar refractivity (Wildman–Crippen MR) is 126 cm³/mol. The van der Waals surface area contributed by atoms with Gasteiger partial charge in [-0.1, -0.05) is 60.7 Å². The number of benzene rings is 4. The van der Waals surface area contributed by atoms with Crippen molar-refractivity contribution in [2.24, 2.45) is 0 Å². The fourth-order valence-corrected chi connectivity index (χ4v) is 7.79. The first-order valence-electron chi connectivity index (χ1n) is 9.22. The van der Waals surface area contributed by atoms with Crippen molar-refractivity contribution in [3.8, 4) is 0 Å². The van der Waals surface area contributed by atoms with E-state index in [0.29, 0.717) is 0 Å². The van der Waals surface area contributed by atoms with Gasteiger partial charge in [-0.05, 0) is 36.4 Å². The van der Waals surface area contributed by atoms with E-state index >= 15 is 0 Å². The molecule has 0 atom stereocenters. The summed E-state index contributed by atoms with van der Waals surface area (Å²) in [5.41, 5.74) is 0. The van der Waals surface area contributed by atoms with Gasteiger partial charge in [0, 0.05) is 41.4 Å². The number of rotatable bonds is 4. The molecule has 0 aliphatic carbocycles. The van der Waals surface area contributed by atoms with E-state index in [-0.39, 0.29) is 8.46 Å². The molecule has 0 bridgehead atoms. The van der Waals surface area contributed by atoms with Gasteiger partial charge in [-0.3, -0.25) is 4.57 Å². The maximum Gasteiger partial charge on any atom is 0.192 e. The second-order valence-electron chi connectivity index (χ2n) is 6.83. The summed E-state index contributed by atoms with van der Waals surface area (Å²) >= 11 is 1.70. The van der Waals surface area contributed by atoms with Crippen molar-refractivity contribution in [2.45, 2.75) is 0 Å². The van der Waals surface area contributed by atoms with Crippen LogP contribution in [-0.4, -0.2) is 0 Å². The lowest BCUT2D eigenvalue weighted by atomic mass is 10.1. The second-order valence-corrected chi connectivity index (χ2v) is 11.4. The Balaban J connectivity index is 1.82. The van der Waals surface area contributed by atoms with Crippen LogP contribution >= 0.6 is 26.9 Å².